The van der Waals surface area contributed by atoms with Gasteiger partial charge in [-0.15, -0.1) is 11.3 Å². The number of thiophene rings is 1. The van der Waals surface area contributed by atoms with E-state index in [1.54, 1.807) is 11.3 Å². The van der Waals surface area contributed by atoms with Gasteiger partial charge in [0.1, 0.15) is 0 Å². The summed E-state index contributed by atoms with van der Waals surface area (Å²) in [4.78, 5) is 0. The van der Waals surface area contributed by atoms with Gasteiger partial charge in [0.2, 0.25) is 0 Å². The monoisotopic (exact) mass is 125 g/mol. The van der Waals surface area contributed by atoms with E-state index >= 15 is 0 Å². The second kappa shape index (κ2) is 1.42. The first-order valence-electron chi connectivity index (χ1n) is 2.18. The Labute approximate surface area is 51.4 Å². The Morgan fingerprint density at radius 2 is 1.88 bits per heavy atom. The highest BCUT2D eigenvalue weighted by atomic mass is 32.1. The minimum absolute atomic E-state index is 0.829. The highest BCUT2D eigenvalue weighted by molar-refractivity contribution is 7.08. The Morgan fingerprint density at radius 3 is 2.50 bits per heavy atom. The Hall–Kier alpha value is -0.635. The molecule has 0 amide bonds. The van der Waals surface area contributed by atoms with Crippen LogP contribution < -0.4 is 9.31 Å². The predicted molar refractivity (Wildman–Crippen MR) is 31.3 cm³/mol. The molecule has 0 atom stereocenters. The van der Waals surface area contributed by atoms with E-state index < -0.39 is 0 Å². The lowest BCUT2D eigenvalue weighted by Crippen LogP contribution is -2.00. The van der Waals surface area contributed by atoms with Gasteiger partial charge in [0.05, 0.1) is 0 Å². The molecule has 0 spiro atoms. The summed E-state index contributed by atoms with van der Waals surface area (Å²) in [5.74, 6) is 1.66. The van der Waals surface area contributed by atoms with Crippen LogP contribution in [-0.2, 0) is 0 Å². The standard InChI is InChI=1S/C4H2BO2S/c1-3-4(2-8-1)7-5-6-3/h1-2H. The third kappa shape index (κ3) is 0.433. The van der Waals surface area contributed by atoms with E-state index in [0.717, 1.165) is 11.5 Å². The van der Waals surface area contributed by atoms with Crippen LogP contribution in [0.2, 0.25) is 0 Å². The largest absolute Gasteiger partial charge is 0.658 e. The van der Waals surface area contributed by atoms with Crippen molar-refractivity contribution >= 4 is 19.0 Å². The molecule has 2 heterocycles. The van der Waals surface area contributed by atoms with Gasteiger partial charge in [-0.05, 0) is 0 Å². The average molecular weight is 125 g/mol. The van der Waals surface area contributed by atoms with Crippen LogP contribution in [0.1, 0.15) is 0 Å². The van der Waals surface area contributed by atoms with Gasteiger partial charge in [-0.1, -0.05) is 0 Å². The second-order valence-electron chi connectivity index (χ2n) is 1.43. The van der Waals surface area contributed by atoms with Crippen LogP contribution >= 0.6 is 11.3 Å². The lowest BCUT2D eigenvalue weighted by atomic mass is 10.4. The maximum atomic E-state index is 4.90. The van der Waals surface area contributed by atoms with E-state index in [0.29, 0.717) is 0 Å². The summed E-state index contributed by atoms with van der Waals surface area (Å²) in [6.07, 6.45) is 0. The van der Waals surface area contributed by atoms with E-state index in [9.17, 15) is 0 Å². The van der Waals surface area contributed by atoms with Crippen molar-refractivity contribution in [2.75, 3.05) is 0 Å². The first-order valence-corrected chi connectivity index (χ1v) is 3.12. The molecule has 0 saturated heterocycles. The first-order chi connectivity index (χ1) is 3.97. The summed E-state index contributed by atoms with van der Waals surface area (Å²) in [7, 11) is 1.33. The summed E-state index contributed by atoms with van der Waals surface area (Å²) in [5, 5.41) is 3.80. The maximum Gasteiger partial charge on any atom is 0.658 e. The van der Waals surface area contributed by atoms with Gasteiger partial charge in [0.25, 0.3) is 0 Å². The molecule has 0 aromatic carbocycles. The summed E-state index contributed by atoms with van der Waals surface area (Å²) >= 11 is 1.57. The van der Waals surface area contributed by atoms with Crippen LogP contribution in [0, 0.1) is 0 Å². The molecule has 39 valence electrons. The molecule has 1 aliphatic heterocycles. The molecule has 2 rings (SSSR count). The van der Waals surface area contributed by atoms with Gasteiger partial charge in [-0.25, -0.2) is 0 Å². The fourth-order valence-electron chi connectivity index (χ4n) is 0.573. The fraction of sp³-hybridized carbons (Fsp3) is 0. The van der Waals surface area contributed by atoms with Crippen molar-refractivity contribution in [1.82, 2.24) is 0 Å². The highest BCUT2D eigenvalue weighted by Gasteiger charge is 2.16. The van der Waals surface area contributed by atoms with E-state index in [4.69, 9.17) is 9.31 Å². The van der Waals surface area contributed by atoms with Gasteiger partial charge >= 0.3 is 7.69 Å². The molecule has 4 heteroatoms. The third-order valence-corrected chi connectivity index (χ3v) is 1.64. The normalized spacial score (nSPS) is 13.5. The summed E-state index contributed by atoms with van der Waals surface area (Å²) in [6.45, 7) is 0. The van der Waals surface area contributed by atoms with Crippen molar-refractivity contribution in [1.29, 1.82) is 0 Å². The second-order valence-corrected chi connectivity index (χ2v) is 2.18. The summed E-state index contributed by atoms with van der Waals surface area (Å²) in [5.41, 5.74) is 0. The third-order valence-electron chi connectivity index (χ3n) is 0.943. The van der Waals surface area contributed by atoms with Gasteiger partial charge in [-0.3, -0.25) is 0 Å². The van der Waals surface area contributed by atoms with Crippen LogP contribution in [0.3, 0.4) is 0 Å². The van der Waals surface area contributed by atoms with Crippen molar-refractivity contribution < 1.29 is 9.31 Å². The zero-order valence-electron chi connectivity index (χ0n) is 3.96. The zero-order valence-corrected chi connectivity index (χ0v) is 4.77. The van der Waals surface area contributed by atoms with Crippen LogP contribution in [0.15, 0.2) is 10.8 Å². The van der Waals surface area contributed by atoms with Crippen LogP contribution in [0.25, 0.3) is 0 Å². The molecule has 8 heavy (non-hydrogen) atoms. The van der Waals surface area contributed by atoms with E-state index in [-0.39, 0.29) is 0 Å². The fourth-order valence-corrected chi connectivity index (χ4v) is 1.23. The average Bonchev–Trinajstić information content (AvgIpc) is 2.15. The zero-order chi connectivity index (χ0) is 5.40. The number of rotatable bonds is 0. The molecule has 1 aliphatic rings. The molecule has 2 nitrogen and oxygen atoms in total. The first kappa shape index (κ1) is 4.26. The molecule has 0 saturated carbocycles. The van der Waals surface area contributed by atoms with Crippen LogP contribution in [-0.4, -0.2) is 7.69 Å². The lowest BCUT2D eigenvalue weighted by molar-refractivity contribution is 0.541. The lowest BCUT2D eigenvalue weighted by Gasteiger charge is -1.80. The SMILES string of the molecule is [B]1Oc2cscc2O1. The number of hydrogen-bond acceptors (Lipinski definition) is 3. The number of fused-ring (bicyclic) bond motifs is 1. The van der Waals surface area contributed by atoms with Gasteiger partial charge in [-0.2, -0.15) is 0 Å². The molecular formula is C4H2BO2S. The van der Waals surface area contributed by atoms with Crippen LogP contribution in [0.5, 0.6) is 11.5 Å². The molecule has 1 aromatic rings. The quantitative estimate of drug-likeness (QED) is 0.482. The smallest absolute Gasteiger partial charge is 0.523 e. The van der Waals surface area contributed by atoms with Crippen molar-refractivity contribution in [3.63, 3.8) is 0 Å². The minimum Gasteiger partial charge on any atom is -0.523 e. The molecule has 0 N–H and O–H groups in total. The summed E-state index contributed by atoms with van der Waals surface area (Å²) in [6, 6.07) is 0. The predicted octanol–water partition coefficient (Wildman–Crippen LogP) is 1.05. The Bertz CT molecular complexity index is 179. The maximum absolute atomic E-state index is 4.90. The van der Waals surface area contributed by atoms with Crippen molar-refractivity contribution in [2.45, 2.75) is 0 Å². The molecular weight excluding hydrogens is 123 g/mol. The van der Waals surface area contributed by atoms with Crippen molar-refractivity contribution in [3.8, 4) is 11.5 Å². The Balaban J connectivity index is 2.54. The molecule has 0 aliphatic carbocycles. The van der Waals surface area contributed by atoms with Crippen molar-refractivity contribution in [2.24, 2.45) is 0 Å². The molecule has 0 unspecified atom stereocenters. The molecule has 1 radical (unpaired) electrons. The molecule has 1 aromatic heterocycles. The topological polar surface area (TPSA) is 18.5 Å². The van der Waals surface area contributed by atoms with Gasteiger partial charge < -0.3 is 9.31 Å². The molecule has 0 bridgehead atoms. The van der Waals surface area contributed by atoms with E-state index in [1.807, 2.05) is 10.8 Å². The van der Waals surface area contributed by atoms with Gasteiger partial charge in [0.15, 0.2) is 11.5 Å². The Morgan fingerprint density at radius 1 is 1.25 bits per heavy atom. The Kier molecular flexibility index (Phi) is 0.756. The van der Waals surface area contributed by atoms with Crippen LogP contribution in [0.4, 0.5) is 0 Å². The number of hydrogen-bond donors (Lipinski definition) is 0. The van der Waals surface area contributed by atoms with E-state index in [1.165, 1.54) is 7.69 Å². The minimum atomic E-state index is 0.829. The molecule has 0 fully saturated rings. The highest BCUT2D eigenvalue weighted by Crippen LogP contribution is 2.34. The van der Waals surface area contributed by atoms with E-state index in [2.05, 4.69) is 0 Å². The van der Waals surface area contributed by atoms with Crippen molar-refractivity contribution in [3.05, 3.63) is 10.8 Å². The van der Waals surface area contributed by atoms with Gasteiger partial charge in [0, 0.05) is 10.8 Å². The summed E-state index contributed by atoms with van der Waals surface area (Å²) < 4.78 is 9.80.